The van der Waals surface area contributed by atoms with Gasteiger partial charge in [-0.15, -0.1) is 0 Å². The zero-order chi connectivity index (χ0) is 13.5. The van der Waals surface area contributed by atoms with Crippen LogP contribution in [0.2, 0.25) is 0 Å². The van der Waals surface area contributed by atoms with E-state index < -0.39 is 0 Å². The van der Waals surface area contributed by atoms with Crippen LogP contribution in [0.4, 0.5) is 0 Å². The average Bonchev–Trinajstić information content (AvgIpc) is 2.47. The summed E-state index contributed by atoms with van der Waals surface area (Å²) in [5.74, 6) is -0.172. The first-order valence-corrected chi connectivity index (χ1v) is 6.00. The molecule has 0 spiro atoms. The number of aldehydes is 1. The summed E-state index contributed by atoms with van der Waals surface area (Å²) in [5.41, 5.74) is 2.27. The summed E-state index contributed by atoms with van der Waals surface area (Å²) in [7, 11) is 0. The number of rotatable bonds is 5. The van der Waals surface area contributed by atoms with Crippen LogP contribution in [0.15, 0.2) is 48.8 Å². The van der Waals surface area contributed by atoms with Crippen LogP contribution in [0.5, 0.6) is 0 Å². The molecule has 1 aromatic heterocycles. The van der Waals surface area contributed by atoms with Gasteiger partial charge < -0.3 is 10.1 Å². The minimum Gasteiger partial charge on any atom is -0.348 e. The third-order valence-corrected chi connectivity index (χ3v) is 2.77. The van der Waals surface area contributed by atoms with Crippen molar-refractivity contribution in [3.63, 3.8) is 0 Å². The number of hydrogen-bond acceptors (Lipinski definition) is 3. The molecule has 4 heteroatoms. The van der Waals surface area contributed by atoms with Crippen molar-refractivity contribution in [1.29, 1.82) is 0 Å². The van der Waals surface area contributed by atoms with Crippen LogP contribution in [-0.2, 0) is 17.8 Å². The summed E-state index contributed by atoms with van der Waals surface area (Å²) < 4.78 is 0. The van der Waals surface area contributed by atoms with Crippen molar-refractivity contribution < 1.29 is 9.59 Å². The van der Waals surface area contributed by atoms with Crippen molar-refractivity contribution in [3.8, 4) is 0 Å². The summed E-state index contributed by atoms with van der Waals surface area (Å²) >= 11 is 0. The molecule has 0 fully saturated rings. The van der Waals surface area contributed by atoms with Gasteiger partial charge in [0.2, 0.25) is 0 Å². The Labute approximate surface area is 111 Å². The lowest BCUT2D eigenvalue weighted by Crippen LogP contribution is -2.24. The molecule has 0 aliphatic carbocycles. The second-order valence-electron chi connectivity index (χ2n) is 4.07. The Hall–Kier alpha value is -2.49. The van der Waals surface area contributed by atoms with Gasteiger partial charge in [-0.1, -0.05) is 18.2 Å². The number of benzene rings is 1. The van der Waals surface area contributed by atoms with E-state index >= 15 is 0 Å². The summed E-state index contributed by atoms with van der Waals surface area (Å²) in [6, 6.07) is 10.8. The van der Waals surface area contributed by atoms with Gasteiger partial charge in [0, 0.05) is 30.9 Å². The largest absolute Gasteiger partial charge is 0.348 e. The van der Waals surface area contributed by atoms with Gasteiger partial charge in [-0.3, -0.25) is 9.78 Å². The van der Waals surface area contributed by atoms with Crippen molar-refractivity contribution in [3.05, 3.63) is 65.5 Å². The normalized spacial score (nSPS) is 9.89. The Morgan fingerprint density at radius 3 is 2.63 bits per heavy atom. The molecule has 0 bridgehead atoms. The van der Waals surface area contributed by atoms with E-state index in [1.165, 1.54) is 0 Å². The lowest BCUT2D eigenvalue weighted by Gasteiger charge is -2.08. The first-order chi connectivity index (χ1) is 9.31. The van der Waals surface area contributed by atoms with E-state index in [0.29, 0.717) is 12.1 Å². The lowest BCUT2D eigenvalue weighted by molar-refractivity contribution is -0.107. The minimum absolute atomic E-state index is 0.172. The topological polar surface area (TPSA) is 59.1 Å². The maximum atomic E-state index is 12.1. The summed E-state index contributed by atoms with van der Waals surface area (Å²) in [5, 5.41) is 2.83. The van der Waals surface area contributed by atoms with E-state index in [9.17, 15) is 9.59 Å². The zero-order valence-electron chi connectivity index (χ0n) is 10.4. The predicted octanol–water partition coefficient (Wildman–Crippen LogP) is 1.75. The van der Waals surface area contributed by atoms with Crippen LogP contribution in [0.3, 0.4) is 0 Å². The second-order valence-corrected chi connectivity index (χ2v) is 4.07. The Kier molecular flexibility index (Phi) is 4.39. The summed E-state index contributed by atoms with van der Waals surface area (Å²) in [6.45, 7) is 0.441. The van der Waals surface area contributed by atoms with Crippen molar-refractivity contribution >= 4 is 12.2 Å². The van der Waals surface area contributed by atoms with Crippen LogP contribution in [0.1, 0.15) is 21.5 Å². The molecule has 2 aromatic rings. The Morgan fingerprint density at radius 2 is 1.89 bits per heavy atom. The van der Waals surface area contributed by atoms with E-state index in [-0.39, 0.29) is 12.3 Å². The van der Waals surface area contributed by atoms with Crippen LogP contribution in [-0.4, -0.2) is 17.2 Å². The fourth-order valence-corrected chi connectivity index (χ4v) is 1.79. The highest BCUT2D eigenvalue weighted by Gasteiger charge is 2.09. The van der Waals surface area contributed by atoms with Gasteiger partial charge in [0.25, 0.3) is 5.91 Å². The highest BCUT2D eigenvalue weighted by Crippen LogP contribution is 2.09. The van der Waals surface area contributed by atoms with E-state index in [1.54, 1.807) is 30.6 Å². The SMILES string of the molecule is O=CCc1ccccc1C(=O)NCc1ccncc1. The minimum atomic E-state index is -0.172. The number of pyridine rings is 1. The van der Waals surface area contributed by atoms with E-state index in [1.807, 2.05) is 18.2 Å². The van der Waals surface area contributed by atoms with Gasteiger partial charge >= 0.3 is 0 Å². The number of nitrogens with one attached hydrogen (secondary N) is 1. The molecule has 0 saturated heterocycles. The molecule has 0 atom stereocenters. The third kappa shape index (κ3) is 3.48. The van der Waals surface area contributed by atoms with Gasteiger partial charge in [-0.25, -0.2) is 0 Å². The summed E-state index contributed by atoms with van der Waals surface area (Å²) in [6.07, 6.45) is 4.41. The van der Waals surface area contributed by atoms with Crippen LogP contribution in [0, 0.1) is 0 Å². The third-order valence-electron chi connectivity index (χ3n) is 2.77. The molecule has 1 aromatic carbocycles. The van der Waals surface area contributed by atoms with Crippen molar-refractivity contribution in [1.82, 2.24) is 10.3 Å². The van der Waals surface area contributed by atoms with Crippen LogP contribution in [0.25, 0.3) is 0 Å². The molecule has 0 unspecified atom stereocenters. The molecular weight excluding hydrogens is 240 g/mol. The van der Waals surface area contributed by atoms with Crippen molar-refractivity contribution in [2.24, 2.45) is 0 Å². The Bertz CT molecular complexity index is 567. The van der Waals surface area contributed by atoms with Gasteiger partial charge in [0.15, 0.2) is 0 Å². The fraction of sp³-hybridized carbons (Fsp3) is 0.133. The quantitative estimate of drug-likeness (QED) is 0.827. The number of carbonyl (C=O) groups excluding carboxylic acids is 2. The highest BCUT2D eigenvalue weighted by atomic mass is 16.1. The standard InChI is InChI=1S/C15H14N2O2/c18-10-7-13-3-1-2-4-14(13)15(19)17-11-12-5-8-16-9-6-12/h1-6,8-10H,7,11H2,(H,17,19). The first-order valence-electron chi connectivity index (χ1n) is 6.00. The molecule has 19 heavy (non-hydrogen) atoms. The lowest BCUT2D eigenvalue weighted by atomic mass is 10.0. The number of carbonyl (C=O) groups is 2. The molecule has 1 heterocycles. The van der Waals surface area contributed by atoms with E-state index in [0.717, 1.165) is 17.4 Å². The Balaban J connectivity index is 2.06. The number of hydrogen-bond donors (Lipinski definition) is 1. The maximum absolute atomic E-state index is 12.1. The number of amides is 1. The molecule has 2 rings (SSSR count). The second kappa shape index (κ2) is 6.44. The highest BCUT2D eigenvalue weighted by molar-refractivity contribution is 5.96. The fourth-order valence-electron chi connectivity index (χ4n) is 1.79. The molecule has 1 amide bonds. The molecular formula is C15H14N2O2. The van der Waals surface area contributed by atoms with Crippen LogP contribution >= 0.6 is 0 Å². The molecule has 96 valence electrons. The average molecular weight is 254 g/mol. The molecule has 0 aliphatic rings. The summed E-state index contributed by atoms with van der Waals surface area (Å²) in [4.78, 5) is 26.6. The number of nitrogens with zero attached hydrogens (tertiary/aromatic N) is 1. The predicted molar refractivity (Wildman–Crippen MR) is 71.6 cm³/mol. The van der Waals surface area contributed by atoms with Crippen molar-refractivity contribution in [2.45, 2.75) is 13.0 Å². The molecule has 0 aliphatic heterocycles. The van der Waals surface area contributed by atoms with Gasteiger partial charge in [-0.05, 0) is 29.3 Å². The monoisotopic (exact) mass is 254 g/mol. The molecule has 1 N–H and O–H groups in total. The van der Waals surface area contributed by atoms with Gasteiger partial charge in [0.05, 0.1) is 0 Å². The van der Waals surface area contributed by atoms with Crippen molar-refractivity contribution in [2.75, 3.05) is 0 Å². The molecule has 0 radical (unpaired) electrons. The van der Waals surface area contributed by atoms with Crippen LogP contribution < -0.4 is 5.32 Å². The Morgan fingerprint density at radius 1 is 1.16 bits per heavy atom. The number of aromatic nitrogens is 1. The van der Waals surface area contributed by atoms with E-state index in [2.05, 4.69) is 10.3 Å². The van der Waals surface area contributed by atoms with Gasteiger partial charge in [-0.2, -0.15) is 0 Å². The first kappa shape index (κ1) is 13.0. The maximum Gasteiger partial charge on any atom is 0.251 e. The smallest absolute Gasteiger partial charge is 0.251 e. The van der Waals surface area contributed by atoms with Gasteiger partial charge in [0.1, 0.15) is 6.29 Å². The zero-order valence-corrected chi connectivity index (χ0v) is 10.4. The van der Waals surface area contributed by atoms with E-state index in [4.69, 9.17) is 0 Å². The molecule has 0 saturated carbocycles. The molecule has 4 nitrogen and oxygen atoms in total.